The molecule has 1 aliphatic rings. The smallest absolute Gasteiger partial charge is 0.350 e. The first-order chi connectivity index (χ1) is 18.7. The van der Waals surface area contributed by atoms with E-state index in [4.69, 9.17) is 13.9 Å². The summed E-state index contributed by atoms with van der Waals surface area (Å²) in [5, 5.41) is 11.6. The topological polar surface area (TPSA) is 119 Å². The van der Waals surface area contributed by atoms with Crippen molar-refractivity contribution in [1.82, 2.24) is 4.98 Å². The zero-order chi connectivity index (χ0) is 27.8. The summed E-state index contributed by atoms with van der Waals surface area (Å²) in [5.74, 6) is -3.41. The molecular formula is C28H21FN2O7S. The predicted molar refractivity (Wildman–Crippen MR) is 141 cm³/mol. The third-order valence-corrected chi connectivity index (χ3v) is 7.24. The van der Waals surface area contributed by atoms with E-state index < -0.39 is 35.3 Å². The second kappa shape index (κ2) is 10.2. The lowest BCUT2D eigenvalue weighted by Crippen LogP contribution is -2.31. The molecule has 1 atom stereocenters. The monoisotopic (exact) mass is 548 g/mol. The number of aromatic nitrogens is 1. The van der Waals surface area contributed by atoms with Gasteiger partial charge in [0.1, 0.15) is 17.3 Å². The zero-order valence-corrected chi connectivity index (χ0v) is 21.6. The SMILES string of the molecule is C=CCOC(=O)c1sc(N2C(=O)C(O)=C(C(=O)c3cc4cccc(OC)c4o3)C2c2ccc(F)cc2)nc1C. The molecular weight excluding hydrogens is 527 g/mol. The number of Topliss-reactive ketones (excluding diaryl/α,β-unsaturated/α-hetero) is 1. The van der Waals surface area contributed by atoms with Crippen molar-refractivity contribution in [2.45, 2.75) is 13.0 Å². The number of fused-ring (bicyclic) bond motifs is 1. The molecule has 2 aromatic carbocycles. The summed E-state index contributed by atoms with van der Waals surface area (Å²) in [6, 6.07) is 10.6. The molecule has 1 N–H and O–H groups in total. The summed E-state index contributed by atoms with van der Waals surface area (Å²) in [7, 11) is 1.46. The van der Waals surface area contributed by atoms with Crippen LogP contribution >= 0.6 is 11.3 Å². The second-order valence-corrected chi connectivity index (χ2v) is 9.49. The highest BCUT2D eigenvalue weighted by Crippen LogP contribution is 2.44. The Bertz CT molecular complexity index is 1670. The molecule has 11 heteroatoms. The van der Waals surface area contributed by atoms with E-state index in [9.17, 15) is 23.9 Å². The van der Waals surface area contributed by atoms with E-state index in [-0.39, 0.29) is 27.9 Å². The van der Waals surface area contributed by atoms with Crippen molar-refractivity contribution >= 4 is 45.1 Å². The van der Waals surface area contributed by atoms with Gasteiger partial charge in [-0.25, -0.2) is 14.2 Å². The maximum absolute atomic E-state index is 13.8. The molecule has 1 aliphatic heterocycles. The number of hydrogen-bond donors (Lipinski definition) is 1. The minimum absolute atomic E-state index is 0.0182. The molecule has 9 nitrogen and oxygen atoms in total. The van der Waals surface area contributed by atoms with E-state index in [1.54, 1.807) is 25.1 Å². The highest BCUT2D eigenvalue weighted by Gasteiger charge is 2.47. The van der Waals surface area contributed by atoms with Crippen LogP contribution in [0.1, 0.15) is 37.5 Å². The lowest BCUT2D eigenvalue weighted by molar-refractivity contribution is -0.117. The number of halogens is 1. The summed E-state index contributed by atoms with van der Waals surface area (Å²) in [5.41, 5.74) is 0.655. The van der Waals surface area contributed by atoms with Crippen molar-refractivity contribution in [3.8, 4) is 5.75 Å². The first kappa shape index (κ1) is 25.9. The molecule has 0 fully saturated rings. The number of hydrogen-bond acceptors (Lipinski definition) is 9. The Morgan fingerprint density at radius 2 is 2.00 bits per heavy atom. The van der Waals surface area contributed by atoms with Gasteiger partial charge in [0, 0.05) is 5.39 Å². The van der Waals surface area contributed by atoms with Crippen molar-refractivity contribution in [2.24, 2.45) is 0 Å². The molecule has 4 aromatic rings. The number of methoxy groups -OCH3 is 1. The first-order valence-electron chi connectivity index (χ1n) is 11.6. The van der Waals surface area contributed by atoms with Crippen LogP contribution in [0.3, 0.4) is 0 Å². The molecule has 2 aromatic heterocycles. The quantitative estimate of drug-likeness (QED) is 0.175. The van der Waals surface area contributed by atoms with Crippen molar-refractivity contribution in [3.63, 3.8) is 0 Å². The fraction of sp³-hybridized carbons (Fsp3) is 0.143. The Morgan fingerprint density at radius 3 is 2.69 bits per heavy atom. The van der Waals surface area contributed by atoms with Crippen LogP contribution < -0.4 is 9.64 Å². The van der Waals surface area contributed by atoms with Gasteiger partial charge in [0.05, 0.1) is 24.4 Å². The lowest BCUT2D eigenvalue weighted by atomic mass is 9.95. The van der Waals surface area contributed by atoms with Gasteiger partial charge < -0.3 is 19.0 Å². The van der Waals surface area contributed by atoms with Gasteiger partial charge in [-0.3, -0.25) is 14.5 Å². The third-order valence-electron chi connectivity index (χ3n) is 6.10. The highest BCUT2D eigenvalue weighted by atomic mass is 32.1. The molecule has 0 saturated heterocycles. The number of aryl methyl sites for hydroxylation is 1. The average molecular weight is 549 g/mol. The molecule has 1 unspecified atom stereocenters. The van der Waals surface area contributed by atoms with E-state index in [2.05, 4.69) is 11.6 Å². The number of furan rings is 1. The number of rotatable bonds is 8. The Balaban J connectivity index is 1.62. The molecule has 0 aliphatic carbocycles. The summed E-state index contributed by atoms with van der Waals surface area (Å²) in [4.78, 5) is 45.3. The van der Waals surface area contributed by atoms with Crippen molar-refractivity contribution in [3.05, 3.63) is 100 Å². The van der Waals surface area contributed by atoms with Crippen LogP contribution in [0.5, 0.6) is 5.75 Å². The molecule has 5 rings (SSSR count). The fourth-order valence-electron chi connectivity index (χ4n) is 4.31. The molecule has 198 valence electrons. The maximum atomic E-state index is 13.8. The van der Waals surface area contributed by atoms with Crippen molar-refractivity contribution < 1.29 is 37.8 Å². The van der Waals surface area contributed by atoms with Gasteiger partial charge >= 0.3 is 5.97 Å². The number of carbonyl (C=O) groups excluding carboxylic acids is 3. The fourth-order valence-corrected chi connectivity index (χ4v) is 5.30. The summed E-state index contributed by atoms with van der Waals surface area (Å²) in [6.07, 6.45) is 1.41. The Labute approximate surface area is 225 Å². The van der Waals surface area contributed by atoms with Crippen LogP contribution in [0.15, 0.2) is 76.9 Å². The van der Waals surface area contributed by atoms with Crippen LogP contribution in [0, 0.1) is 12.7 Å². The maximum Gasteiger partial charge on any atom is 0.350 e. The Morgan fingerprint density at radius 1 is 1.26 bits per heavy atom. The van der Waals surface area contributed by atoms with Crippen LogP contribution in [0.25, 0.3) is 11.0 Å². The van der Waals surface area contributed by atoms with E-state index in [1.807, 2.05) is 0 Å². The van der Waals surface area contributed by atoms with E-state index in [1.165, 1.54) is 43.5 Å². The molecule has 39 heavy (non-hydrogen) atoms. The van der Waals surface area contributed by atoms with Gasteiger partial charge in [0.2, 0.25) is 5.78 Å². The average Bonchev–Trinajstić information content (AvgIpc) is 3.61. The van der Waals surface area contributed by atoms with Crippen LogP contribution in [0.2, 0.25) is 0 Å². The zero-order valence-electron chi connectivity index (χ0n) is 20.8. The number of ketones is 1. The summed E-state index contributed by atoms with van der Waals surface area (Å²) < 4.78 is 30.0. The second-order valence-electron chi connectivity index (χ2n) is 8.51. The van der Waals surface area contributed by atoms with Gasteiger partial charge in [-0.2, -0.15) is 0 Å². The Kier molecular flexibility index (Phi) is 6.75. The largest absolute Gasteiger partial charge is 0.503 e. The number of ether oxygens (including phenoxy) is 2. The number of thiazole rings is 1. The van der Waals surface area contributed by atoms with Crippen molar-refractivity contribution in [2.75, 3.05) is 18.6 Å². The number of aliphatic hydroxyl groups excluding tert-OH is 1. The number of amides is 1. The molecule has 0 bridgehead atoms. The standard InChI is InChI=1S/C28H21FN2O7S/c1-4-12-37-27(35)25-14(2)30-28(39-25)31-21(15-8-10-17(29)11-9-15)20(23(33)26(31)34)22(32)19-13-16-6-5-7-18(36-3)24(16)38-19/h4-11,13,21,33H,1,12H2,2-3H3. The predicted octanol–water partition coefficient (Wildman–Crippen LogP) is 5.47. The number of anilines is 1. The summed E-state index contributed by atoms with van der Waals surface area (Å²) >= 11 is 0.863. The van der Waals surface area contributed by atoms with Gasteiger partial charge in [-0.15, -0.1) is 0 Å². The molecule has 0 radical (unpaired) electrons. The Hall–Kier alpha value is -4.77. The van der Waals surface area contributed by atoms with E-state index in [0.717, 1.165) is 16.2 Å². The lowest BCUT2D eigenvalue weighted by Gasteiger charge is -2.24. The van der Waals surface area contributed by atoms with E-state index in [0.29, 0.717) is 28.0 Å². The highest BCUT2D eigenvalue weighted by molar-refractivity contribution is 7.17. The van der Waals surface area contributed by atoms with Crippen molar-refractivity contribution in [1.29, 1.82) is 0 Å². The minimum atomic E-state index is -1.19. The molecule has 0 spiro atoms. The van der Waals surface area contributed by atoms with Crippen LogP contribution in [-0.2, 0) is 9.53 Å². The van der Waals surface area contributed by atoms with Gasteiger partial charge in [0.15, 0.2) is 28.0 Å². The van der Waals surface area contributed by atoms with Crippen LogP contribution in [-0.4, -0.2) is 41.5 Å². The minimum Gasteiger partial charge on any atom is -0.503 e. The molecule has 3 heterocycles. The van der Waals surface area contributed by atoms with Crippen LogP contribution in [0.4, 0.5) is 9.52 Å². The number of carbonyl (C=O) groups is 3. The van der Waals surface area contributed by atoms with Gasteiger partial charge in [0.25, 0.3) is 5.91 Å². The number of esters is 1. The number of benzene rings is 2. The molecule has 0 saturated carbocycles. The number of nitrogens with zero attached hydrogens (tertiary/aromatic N) is 2. The summed E-state index contributed by atoms with van der Waals surface area (Å²) in [6.45, 7) is 5.06. The molecule has 1 amide bonds. The number of para-hydroxylation sites is 1. The van der Waals surface area contributed by atoms with Gasteiger partial charge in [-0.1, -0.05) is 48.3 Å². The third kappa shape index (κ3) is 4.46. The van der Waals surface area contributed by atoms with E-state index >= 15 is 0 Å². The normalized spacial score (nSPS) is 15.2. The number of aliphatic hydroxyl groups is 1. The first-order valence-corrected chi connectivity index (χ1v) is 12.5. The van der Waals surface area contributed by atoms with Gasteiger partial charge in [-0.05, 0) is 36.8 Å².